The number of carbonyl (C=O) groups excluding carboxylic acids is 1. The summed E-state index contributed by atoms with van der Waals surface area (Å²) >= 11 is 0. The van der Waals surface area contributed by atoms with Crippen molar-refractivity contribution in [2.75, 3.05) is 11.4 Å². The first-order valence-corrected chi connectivity index (χ1v) is 9.37. The van der Waals surface area contributed by atoms with Crippen molar-refractivity contribution >= 4 is 17.3 Å². The van der Waals surface area contributed by atoms with Crippen molar-refractivity contribution in [3.63, 3.8) is 0 Å². The molecule has 1 aliphatic carbocycles. The topological polar surface area (TPSA) is 45.2 Å². The van der Waals surface area contributed by atoms with Crippen LogP contribution in [0.3, 0.4) is 0 Å². The summed E-state index contributed by atoms with van der Waals surface area (Å²) in [5.74, 6) is -0.0544. The Hall–Kier alpha value is -2.36. The van der Waals surface area contributed by atoms with Crippen LogP contribution in [0.25, 0.3) is 0 Å². The smallest absolute Gasteiger partial charge is 0.270 e. The average molecular weight is 337 g/mol. The first-order valence-electron chi connectivity index (χ1n) is 9.37. The Balaban J connectivity index is 1.67. The van der Waals surface area contributed by atoms with Crippen molar-refractivity contribution < 1.29 is 4.79 Å². The molecule has 1 amide bonds. The summed E-state index contributed by atoms with van der Waals surface area (Å²) in [5, 5.41) is 3.15. The zero-order valence-electron chi connectivity index (χ0n) is 14.9. The Labute approximate surface area is 150 Å². The predicted molar refractivity (Wildman–Crippen MR) is 102 cm³/mol. The normalized spacial score (nSPS) is 15.4. The van der Waals surface area contributed by atoms with Crippen molar-refractivity contribution in [3.05, 3.63) is 54.4 Å². The van der Waals surface area contributed by atoms with E-state index in [4.69, 9.17) is 0 Å². The number of para-hydroxylation sites is 1. The van der Waals surface area contributed by atoms with Gasteiger partial charge in [-0.05, 0) is 44.0 Å². The molecule has 1 N–H and O–H groups in total. The van der Waals surface area contributed by atoms with Crippen LogP contribution in [-0.2, 0) is 0 Å². The largest absolute Gasteiger partial charge is 0.348 e. The maximum Gasteiger partial charge on any atom is 0.270 e. The molecule has 1 saturated carbocycles. The third kappa shape index (κ3) is 4.59. The van der Waals surface area contributed by atoms with Crippen LogP contribution < -0.4 is 10.2 Å². The van der Waals surface area contributed by atoms with Crippen LogP contribution >= 0.6 is 0 Å². The molecule has 132 valence electrons. The van der Waals surface area contributed by atoms with E-state index in [1.54, 1.807) is 6.20 Å². The summed E-state index contributed by atoms with van der Waals surface area (Å²) in [6, 6.07) is 14.3. The Kier molecular flexibility index (Phi) is 6.04. The van der Waals surface area contributed by atoms with E-state index in [-0.39, 0.29) is 5.91 Å². The molecule has 0 spiro atoms. The molecule has 0 aliphatic heterocycles. The molecule has 0 unspecified atom stereocenters. The Morgan fingerprint density at radius 2 is 1.76 bits per heavy atom. The summed E-state index contributed by atoms with van der Waals surface area (Å²) in [5.41, 5.74) is 2.62. The molecule has 0 radical (unpaired) electrons. The number of pyridine rings is 1. The highest BCUT2D eigenvalue weighted by molar-refractivity contribution is 5.92. The molecule has 25 heavy (non-hydrogen) atoms. The number of nitrogens with zero attached hydrogens (tertiary/aromatic N) is 2. The number of aromatic nitrogens is 1. The van der Waals surface area contributed by atoms with Gasteiger partial charge < -0.3 is 10.2 Å². The van der Waals surface area contributed by atoms with Crippen LogP contribution in [0.2, 0.25) is 0 Å². The van der Waals surface area contributed by atoms with Crippen molar-refractivity contribution in [2.45, 2.75) is 51.5 Å². The van der Waals surface area contributed by atoms with E-state index in [2.05, 4.69) is 34.3 Å². The first kappa shape index (κ1) is 17.5. The first-order chi connectivity index (χ1) is 12.3. The Morgan fingerprint density at radius 1 is 1.04 bits per heavy atom. The van der Waals surface area contributed by atoms with Gasteiger partial charge >= 0.3 is 0 Å². The minimum atomic E-state index is -0.0544. The van der Waals surface area contributed by atoms with Gasteiger partial charge in [0.25, 0.3) is 5.91 Å². The van der Waals surface area contributed by atoms with Gasteiger partial charge in [0.2, 0.25) is 0 Å². The second-order valence-electron chi connectivity index (χ2n) is 6.64. The predicted octanol–water partition coefficient (Wildman–Crippen LogP) is 4.69. The molecule has 1 heterocycles. The molecule has 1 fully saturated rings. The molecule has 0 atom stereocenters. The molecule has 4 nitrogen and oxygen atoms in total. The number of nitrogens with one attached hydrogen (secondary N) is 1. The number of amides is 1. The van der Waals surface area contributed by atoms with Gasteiger partial charge in [-0.25, -0.2) is 4.98 Å². The van der Waals surface area contributed by atoms with E-state index < -0.39 is 0 Å². The maximum absolute atomic E-state index is 12.5. The van der Waals surface area contributed by atoms with Gasteiger partial charge in [-0.1, -0.05) is 43.9 Å². The number of rotatable bonds is 5. The number of hydrogen-bond acceptors (Lipinski definition) is 3. The molecule has 1 aliphatic rings. The quantitative estimate of drug-likeness (QED) is 0.805. The van der Waals surface area contributed by atoms with E-state index in [1.807, 2.05) is 30.3 Å². The van der Waals surface area contributed by atoms with E-state index in [0.29, 0.717) is 11.7 Å². The number of benzene rings is 1. The van der Waals surface area contributed by atoms with Crippen molar-refractivity contribution in [1.29, 1.82) is 0 Å². The van der Waals surface area contributed by atoms with Crippen LogP contribution in [0.5, 0.6) is 0 Å². The van der Waals surface area contributed by atoms with E-state index in [9.17, 15) is 4.79 Å². The molecule has 1 aromatic heterocycles. The van der Waals surface area contributed by atoms with E-state index >= 15 is 0 Å². The maximum atomic E-state index is 12.5. The van der Waals surface area contributed by atoms with Gasteiger partial charge in [0, 0.05) is 18.3 Å². The SMILES string of the molecule is CCN(c1ccccc1)c1ccc(C(=O)NC2CCCCCC2)nc1. The van der Waals surface area contributed by atoms with Gasteiger partial charge in [-0.15, -0.1) is 0 Å². The van der Waals surface area contributed by atoms with Crippen LogP contribution in [0.4, 0.5) is 11.4 Å². The Morgan fingerprint density at radius 3 is 2.36 bits per heavy atom. The fourth-order valence-electron chi connectivity index (χ4n) is 3.49. The van der Waals surface area contributed by atoms with Gasteiger partial charge in [0.15, 0.2) is 0 Å². The van der Waals surface area contributed by atoms with Gasteiger partial charge in [0.05, 0.1) is 11.9 Å². The second kappa shape index (κ2) is 8.65. The highest BCUT2D eigenvalue weighted by atomic mass is 16.1. The molecule has 4 heteroatoms. The number of carbonyl (C=O) groups is 1. The fraction of sp³-hybridized carbons (Fsp3) is 0.429. The Bertz CT molecular complexity index is 661. The van der Waals surface area contributed by atoms with E-state index in [0.717, 1.165) is 30.8 Å². The highest BCUT2D eigenvalue weighted by Crippen LogP contribution is 2.24. The zero-order valence-corrected chi connectivity index (χ0v) is 14.9. The summed E-state index contributed by atoms with van der Waals surface area (Å²) in [6.45, 7) is 2.96. The lowest BCUT2D eigenvalue weighted by Crippen LogP contribution is -2.34. The van der Waals surface area contributed by atoms with E-state index in [1.165, 1.54) is 25.7 Å². The van der Waals surface area contributed by atoms with Gasteiger partial charge in [0.1, 0.15) is 5.69 Å². The van der Waals surface area contributed by atoms with Crippen LogP contribution in [0, 0.1) is 0 Å². The van der Waals surface area contributed by atoms with Gasteiger partial charge in [-0.3, -0.25) is 4.79 Å². The molecular weight excluding hydrogens is 310 g/mol. The molecule has 3 rings (SSSR count). The summed E-state index contributed by atoms with van der Waals surface area (Å²) in [7, 11) is 0. The second-order valence-corrected chi connectivity index (χ2v) is 6.64. The molecular formula is C21H27N3O. The van der Waals surface area contributed by atoms with Crippen LogP contribution in [0.1, 0.15) is 55.9 Å². The molecule has 1 aromatic carbocycles. The minimum absolute atomic E-state index is 0.0544. The molecule has 2 aromatic rings. The third-order valence-electron chi connectivity index (χ3n) is 4.87. The summed E-state index contributed by atoms with van der Waals surface area (Å²) < 4.78 is 0. The standard InChI is InChI=1S/C21H27N3O/c1-2-24(18-12-8-5-9-13-18)19-14-15-20(22-16-19)21(25)23-17-10-6-3-4-7-11-17/h5,8-9,12-17H,2-4,6-7,10-11H2,1H3,(H,23,25). The summed E-state index contributed by atoms with van der Waals surface area (Å²) in [6.07, 6.45) is 8.94. The van der Waals surface area contributed by atoms with Crippen LogP contribution in [-0.4, -0.2) is 23.5 Å². The number of anilines is 2. The lowest BCUT2D eigenvalue weighted by molar-refractivity contribution is 0.0928. The highest BCUT2D eigenvalue weighted by Gasteiger charge is 2.17. The lowest BCUT2D eigenvalue weighted by Gasteiger charge is -2.23. The van der Waals surface area contributed by atoms with Crippen LogP contribution in [0.15, 0.2) is 48.7 Å². The average Bonchev–Trinajstić information content (AvgIpc) is 2.92. The minimum Gasteiger partial charge on any atom is -0.348 e. The fourth-order valence-corrected chi connectivity index (χ4v) is 3.49. The van der Waals surface area contributed by atoms with Crippen molar-refractivity contribution in [3.8, 4) is 0 Å². The van der Waals surface area contributed by atoms with Crippen molar-refractivity contribution in [1.82, 2.24) is 10.3 Å². The zero-order chi connectivity index (χ0) is 17.5. The molecule has 0 bridgehead atoms. The monoisotopic (exact) mass is 337 g/mol. The van der Waals surface area contributed by atoms with Crippen molar-refractivity contribution in [2.24, 2.45) is 0 Å². The lowest BCUT2D eigenvalue weighted by atomic mass is 10.1. The number of hydrogen-bond donors (Lipinski definition) is 1. The molecule has 0 saturated heterocycles. The summed E-state index contributed by atoms with van der Waals surface area (Å²) in [4.78, 5) is 19.0. The third-order valence-corrected chi connectivity index (χ3v) is 4.87. The van der Waals surface area contributed by atoms with Gasteiger partial charge in [-0.2, -0.15) is 0 Å².